The predicted molar refractivity (Wildman–Crippen MR) is 60.2 cm³/mol. The molecule has 0 aliphatic rings. The van der Waals surface area contributed by atoms with E-state index in [1.54, 1.807) is 0 Å². The van der Waals surface area contributed by atoms with Gasteiger partial charge in [-0.25, -0.2) is 0 Å². The number of Topliss-reactive ketones (excluding diaryl/α,β-unsaturated/α-hetero) is 1. The number of benzene rings is 1. The van der Waals surface area contributed by atoms with Crippen LogP contribution in [0.1, 0.15) is 12.5 Å². The van der Waals surface area contributed by atoms with Crippen molar-refractivity contribution in [3.63, 3.8) is 0 Å². The van der Waals surface area contributed by atoms with E-state index >= 15 is 0 Å². The lowest BCUT2D eigenvalue weighted by Gasteiger charge is -2.11. The molecule has 1 amide bonds. The van der Waals surface area contributed by atoms with Crippen LogP contribution in [0.3, 0.4) is 0 Å². The highest BCUT2D eigenvalue weighted by Gasteiger charge is 2.31. The molecule has 0 heterocycles. The fraction of sp³-hybridized carbons (Fsp3) is 0.333. The Morgan fingerprint density at radius 1 is 1.26 bits per heavy atom. The van der Waals surface area contributed by atoms with Gasteiger partial charge >= 0.3 is 6.36 Å². The third-order valence-electron chi connectivity index (χ3n) is 2.39. The van der Waals surface area contributed by atoms with Crippen LogP contribution in [0.2, 0.25) is 0 Å². The molecule has 0 aliphatic heterocycles. The maximum atomic E-state index is 11.9. The van der Waals surface area contributed by atoms with Crippen LogP contribution in [-0.4, -0.2) is 18.1 Å². The standard InChI is InChI=1S/C12H12F3NO3/c1-7(10(17)11(16)18)6-8-2-4-9(5-3-8)19-12(13,14)15/h2-5,7H,6H2,1H3,(H2,16,18)/t7-/m1/s1. The largest absolute Gasteiger partial charge is 0.573 e. The summed E-state index contributed by atoms with van der Waals surface area (Å²) in [6.45, 7) is 1.52. The number of nitrogens with two attached hydrogens (primary N) is 1. The van der Waals surface area contributed by atoms with Gasteiger partial charge in [-0.1, -0.05) is 19.1 Å². The highest BCUT2D eigenvalue weighted by molar-refractivity contribution is 6.36. The maximum absolute atomic E-state index is 11.9. The van der Waals surface area contributed by atoms with Gasteiger partial charge in [0, 0.05) is 5.92 Å². The van der Waals surface area contributed by atoms with E-state index in [1.807, 2.05) is 0 Å². The van der Waals surface area contributed by atoms with Crippen LogP contribution in [0.15, 0.2) is 24.3 Å². The molecule has 0 saturated carbocycles. The number of hydrogen-bond donors (Lipinski definition) is 1. The molecule has 0 saturated heterocycles. The second-order valence-electron chi connectivity index (χ2n) is 4.03. The van der Waals surface area contributed by atoms with Crippen molar-refractivity contribution in [2.24, 2.45) is 11.7 Å². The Kier molecular flexibility index (Phi) is 4.52. The van der Waals surface area contributed by atoms with E-state index in [0.29, 0.717) is 5.56 Å². The van der Waals surface area contributed by atoms with E-state index in [9.17, 15) is 22.8 Å². The lowest BCUT2D eigenvalue weighted by atomic mass is 9.97. The number of halogens is 3. The summed E-state index contributed by atoms with van der Waals surface area (Å²) in [5.74, 6) is -2.70. The fourth-order valence-corrected chi connectivity index (χ4v) is 1.52. The van der Waals surface area contributed by atoms with E-state index in [4.69, 9.17) is 5.73 Å². The molecule has 1 aromatic rings. The molecule has 0 spiro atoms. The predicted octanol–water partition coefficient (Wildman–Crippen LogP) is 1.82. The van der Waals surface area contributed by atoms with Crippen LogP contribution in [0, 0.1) is 5.92 Å². The van der Waals surface area contributed by atoms with Crippen molar-refractivity contribution in [2.45, 2.75) is 19.7 Å². The molecule has 0 fully saturated rings. The zero-order chi connectivity index (χ0) is 14.6. The second kappa shape index (κ2) is 5.73. The van der Waals surface area contributed by atoms with Crippen LogP contribution >= 0.6 is 0 Å². The quantitative estimate of drug-likeness (QED) is 0.833. The van der Waals surface area contributed by atoms with E-state index in [-0.39, 0.29) is 12.2 Å². The zero-order valence-corrected chi connectivity index (χ0v) is 10.0. The number of alkyl halides is 3. The van der Waals surface area contributed by atoms with Crippen LogP contribution < -0.4 is 10.5 Å². The van der Waals surface area contributed by atoms with Gasteiger partial charge in [0.05, 0.1) is 0 Å². The van der Waals surface area contributed by atoms with Gasteiger partial charge in [0.1, 0.15) is 5.75 Å². The molecule has 104 valence electrons. The van der Waals surface area contributed by atoms with Crippen molar-refractivity contribution >= 4 is 11.7 Å². The van der Waals surface area contributed by atoms with Crippen molar-refractivity contribution in [2.75, 3.05) is 0 Å². The lowest BCUT2D eigenvalue weighted by molar-refractivity contribution is -0.274. The fourth-order valence-electron chi connectivity index (χ4n) is 1.52. The van der Waals surface area contributed by atoms with Crippen LogP contribution in [0.5, 0.6) is 5.75 Å². The Morgan fingerprint density at radius 2 is 1.79 bits per heavy atom. The summed E-state index contributed by atoms with van der Waals surface area (Å²) in [6.07, 6.45) is -4.52. The van der Waals surface area contributed by atoms with Gasteiger partial charge in [0.15, 0.2) is 0 Å². The molecule has 0 unspecified atom stereocenters. The third-order valence-corrected chi connectivity index (χ3v) is 2.39. The lowest BCUT2D eigenvalue weighted by Crippen LogP contribution is -2.29. The van der Waals surface area contributed by atoms with Gasteiger partial charge in [0.25, 0.3) is 5.91 Å². The molecule has 0 bridgehead atoms. The highest BCUT2D eigenvalue weighted by atomic mass is 19.4. The minimum absolute atomic E-state index is 0.216. The van der Waals surface area contributed by atoms with Gasteiger partial charge in [0.2, 0.25) is 5.78 Å². The van der Waals surface area contributed by atoms with E-state index in [2.05, 4.69) is 4.74 Å². The second-order valence-corrected chi connectivity index (χ2v) is 4.03. The van der Waals surface area contributed by atoms with Crippen LogP contribution in [0.25, 0.3) is 0 Å². The van der Waals surface area contributed by atoms with E-state index < -0.39 is 24.0 Å². The van der Waals surface area contributed by atoms with Crippen molar-refractivity contribution in [3.8, 4) is 5.75 Å². The molecule has 0 aliphatic carbocycles. The molecule has 0 aromatic heterocycles. The number of hydrogen-bond acceptors (Lipinski definition) is 3. The van der Waals surface area contributed by atoms with Gasteiger partial charge in [-0.15, -0.1) is 13.2 Å². The Labute approximate surface area is 107 Å². The number of ketones is 1. The molecule has 1 atom stereocenters. The first-order chi connectivity index (χ1) is 8.69. The first-order valence-electron chi connectivity index (χ1n) is 5.37. The molecule has 0 radical (unpaired) electrons. The van der Waals surface area contributed by atoms with Gasteiger partial charge in [-0.2, -0.15) is 0 Å². The number of amides is 1. The molecule has 7 heteroatoms. The Morgan fingerprint density at radius 3 is 2.21 bits per heavy atom. The Balaban J connectivity index is 2.67. The number of rotatable bonds is 5. The first kappa shape index (κ1) is 15.0. The molecule has 4 nitrogen and oxygen atoms in total. The average Bonchev–Trinajstić information content (AvgIpc) is 2.28. The van der Waals surface area contributed by atoms with Gasteiger partial charge in [-0.3, -0.25) is 9.59 Å². The maximum Gasteiger partial charge on any atom is 0.573 e. The first-order valence-corrected chi connectivity index (χ1v) is 5.37. The van der Waals surface area contributed by atoms with Crippen LogP contribution in [-0.2, 0) is 16.0 Å². The summed E-state index contributed by atoms with van der Waals surface area (Å²) >= 11 is 0. The molecular weight excluding hydrogens is 263 g/mol. The average molecular weight is 275 g/mol. The van der Waals surface area contributed by atoms with Crippen molar-refractivity contribution in [1.29, 1.82) is 0 Å². The van der Waals surface area contributed by atoms with Crippen molar-refractivity contribution in [3.05, 3.63) is 29.8 Å². The molecule has 1 aromatic carbocycles. The summed E-state index contributed by atoms with van der Waals surface area (Å²) in [4.78, 5) is 21.9. The Hall–Kier alpha value is -2.05. The Bertz CT molecular complexity index is 468. The summed E-state index contributed by atoms with van der Waals surface area (Å²) in [5, 5.41) is 0. The van der Waals surface area contributed by atoms with Crippen LogP contribution in [0.4, 0.5) is 13.2 Å². The summed E-state index contributed by atoms with van der Waals surface area (Å²) < 4.78 is 39.5. The van der Waals surface area contributed by atoms with E-state index in [0.717, 1.165) is 12.1 Å². The summed E-state index contributed by atoms with van der Waals surface area (Å²) in [7, 11) is 0. The van der Waals surface area contributed by atoms with Gasteiger partial charge < -0.3 is 10.5 Å². The normalized spacial score (nSPS) is 12.8. The molecule has 1 rings (SSSR count). The smallest absolute Gasteiger partial charge is 0.406 e. The van der Waals surface area contributed by atoms with Gasteiger partial charge in [-0.05, 0) is 24.1 Å². The molecule has 19 heavy (non-hydrogen) atoms. The van der Waals surface area contributed by atoms with Crippen molar-refractivity contribution in [1.82, 2.24) is 0 Å². The minimum Gasteiger partial charge on any atom is -0.406 e. The number of ether oxygens (including phenoxy) is 1. The zero-order valence-electron chi connectivity index (χ0n) is 10.0. The summed E-state index contributed by atoms with van der Waals surface area (Å²) in [5.41, 5.74) is 5.46. The SMILES string of the molecule is C[C@H](Cc1ccc(OC(F)(F)F)cc1)C(=O)C(N)=O. The monoisotopic (exact) mass is 275 g/mol. The minimum atomic E-state index is -4.74. The topological polar surface area (TPSA) is 69.4 Å². The van der Waals surface area contributed by atoms with E-state index in [1.165, 1.54) is 19.1 Å². The third kappa shape index (κ3) is 4.99. The molecule has 2 N–H and O–H groups in total. The number of primary amides is 1. The number of carbonyl (C=O) groups is 2. The molecular formula is C12H12F3NO3. The summed E-state index contributed by atoms with van der Waals surface area (Å²) in [6, 6.07) is 5.08. The highest BCUT2D eigenvalue weighted by Crippen LogP contribution is 2.23. The number of carbonyl (C=O) groups excluding carboxylic acids is 2. The van der Waals surface area contributed by atoms with Crippen molar-refractivity contribution < 1.29 is 27.5 Å².